The summed E-state index contributed by atoms with van der Waals surface area (Å²) in [6.45, 7) is 4.22. The van der Waals surface area contributed by atoms with Gasteiger partial charge in [-0.3, -0.25) is 19.2 Å². The molecule has 186 valence electrons. The molecule has 0 spiro atoms. The number of hydrogen-bond acceptors (Lipinski definition) is 11. The van der Waals surface area contributed by atoms with Crippen LogP contribution in [0.5, 0.6) is 5.75 Å². The fourth-order valence-electron chi connectivity index (χ4n) is 3.10. The van der Waals surface area contributed by atoms with Crippen molar-refractivity contribution in [3.8, 4) is 5.75 Å². The van der Waals surface area contributed by atoms with E-state index in [4.69, 9.17) is 52.2 Å². The molecule has 1 aromatic carbocycles. The summed E-state index contributed by atoms with van der Waals surface area (Å²) in [6, 6.07) is 6.33. The van der Waals surface area contributed by atoms with Gasteiger partial charge < -0.3 is 33.7 Å². The Morgan fingerprint density at radius 1 is 0.882 bits per heavy atom. The number of esters is 4. The Balaban J connectivity index is 2.35. The summed E-state index contributed by atoms with van der Waals surface area (Å²) < 4.78 is 32.4. The third-order valence-corrected chi connectivity index (χ3v) is 4.73. The lowest BCUT2D eigenvalue weighted by molar-refractivity contribution is -0.255. The van der Waals surface area contributed by atoms with E-state index in [1.54, 1.807) is 24.3 Å². The highest BCUT2D eigenvalue weighted by molar-refractivity contribution is 7.80. The Hall–Kier alpha value is -2.96. The average Bonchev–Trinajstić information content (AvgIpc) is 2.71. The molecule has 1 aromatic rings. The van der Waals surface area contributed by atoms with Crippen LogP contribution in [0.1, 0.15) is 27.7 Å². The molecule has 11 nitrogen and oxygen atoms in total. The summed E-state index contributed by atoms with van der Waals surface area (Å²) in [6.07, 6.45) is -6.25. The summed E-state index contributed by atoms with van der Waals surface area (Å²) >= 11 is 11.1. The summed E-state index contributed by atoms with van der Waals surface area (Å²) in [5.74, 6) is -2.48. The number of carbonyl (C=O) groups excluding carboxylic acids is 4. The molecule has 0 radical (unpaired) electrons. The normalized spacial score (nSPS) is 23.7. The van der Waals surface area contributed by atoms with Crippen molar-refractivity contribution in [2.24, 2.45) is 0 Å². The smallest absolute Gasteiger partial charge is 0.303 e. The fourth-order valence-corrected chi connectivity index (χ4v) is 3.44. The van der Waals surface area contributed by atoms with Crippen LogP contribution in [0.25, 0.3) is 0 Å². The van der Waals surface area contributed by atoms with Gasteiger partial charge in [-0.1, -0.05) is 11.6 Å². The molecule has 0 unspecified atom stereocenters. The van der Waals surface area contributed by atoms with Crippen LogP contribution in [0.2, 0.25) is 5.02 Å². The van der Waals surface area contributed by atoms with Gasteiger partial charge in [-0.15, -0.1) is 0 Å². The van der Waals surface area contributed by atoms with Crippen molar-refractivity contribution in [1.82, 2.24) is 5.32 Å². The van der Waals surface area contributed by atoms with Crippen LogP contribution in [0, 0.1) is 0 Å². The van der Waals surface area contributed by atoms with Crippen LogP contribution in [0.15, 0.2) is 24.3 Å². The number of carbonyl (C=O) groups is 4. The zero-order valence-electron chi connectivity index (χ0n) is 18.8. The van der Waals surface area contributed by atoms with E-state index in [0.29, 0.717) is 10.8 Å². The maximum Gasteiger partial charge on any atom is 0.303 e. The van der Waals surface area contributed by atoms with E-state index in [9.17, 15) is 19.2 Å². The van der Waals surface area contributed by atoms with Gasteiger partial charge in [0.05, 0.1) is 0 Å². The van der Waals surface area contributed by atoms with Crippen molar-refractivity contribution < 1.29 is 47.6 Å². The van der Waals surface area contributed by atoms with E-state index in [1.165, 1.54) is 6.92 Å². The number of rotatable bonds is 7. The van der Waals surface area contributed by atoms with Crippen molar-refractivity contribution in [1.29, 1.82) is 0 Å². The summed E-state index contributed by atoms with van der Waals surface area (Å²) in [5.41, 5.74) is 0. The number of ether oxygens (including phenoxy) is 6. The molecule has 0 saturated carbocycles. The molecule has 0 aliphatic carbocycles. The van der Waals surface area contributed by atoms with Crippen LogP contribution in [-0.2, 0) is 42.9 Å². The number of benzene rings is 1. The van der Waals surface area contributed by atoms with Crippen LogP contribution >= 0.6 is 23.8 Å². The Morgan fingerprint density at radius 3 is 1.94 bits per heavy atom. The maximum absolute atomic E-state index is 11.8. The highest BCUT2D eigenvalue weighted by atomic mass is 35.5. The van der Waals surface area contributed by atoms with E-state index in [1.807, 2.05) is 0 Å². The predicted molar refractivity (Wildman–Crippen MR) is 120 cm³/mol. The standard InChI is InChI=1S/C21H24ClNO10S/c1-10(24)28-9-16-17(29-11(2)25)18(30-12(3)26)19(31-13(4)27)20(33-16)23-21(34)32-15-7-5-14(22)6-8-15/h5-8,16-20H,9H2,1-4H3,(H,23,34)/t16-,17+,18-,19+,20-/m0/s1. The van der Waals surface area contributed by atoms with Crippen molar-refractivity contribution in [2.75, 3.05) is 6.61 Å². The largest absolute Gasteiger partial charge is 0.463 e. The van der Waals surface area contributed by atoms with Crippen molar-refractivity contribution in [2.45, 2.75) is 58.3 Å². The van der Waals surface area contributed by atoms with Crippen LogP contribution < -0.4 is 10.1 Å². The number of halogens is 1. The minimum atomic E-state index is -1.32. The van der Waals surface area contributed by atoms with Gasteiger partial charge in [0.15, 0.2) is 24.5 Å². The zero-order valence-corrected chi connectivity index (χ0v) is 20.3. The average molecular weight is 518 g/mol. The Bertz CT molecular complexity index is 925. The topological polar surface area (TPSA) is 136 Å². The lowest BCUT2D eigenvalue weighted by Crippen LogP contribution is -2.66. The second-order valence-corrected chi connectivity index (χ2v) is 7.91. The molecule has 0 bridgehead atoms. The summed E-state index contributed by atoms with van der Waals surface area (Å²) in [7, 11) is 0. The summed E-state index contributed by atoms with van der Waals surface area (Å²) in [4.78, 5) is 46.8. The second-order valence-electron chi connectivity index (χ2n) is 7.11. The molecule has 0 amide bonds. The molecule has 5 atom stereocenters. The van der Waals surface area contributed by atoms with E-state index in [2.05, 4.69) is 5.32 Å². The molecule has 1 aliphatic heterocycles. The number of hydrogen-bond donors (Lipinski definition) is 1. The number of thiocarbonyl (C=S) groups is 1. The molecule has 1 heterocycles. The first-order valence-electron chi connectivity index (χ1n) is 10.0. The van der Waals surface area contributed by atoms with Gasteiger partial charge in [-0.05, 0) is 36.5 Å². The molecule has 1 N–H and O–H groups in total. The van der Waals surface area contributed by atoms with E-state index in [0.717, 1.165) is 20.8 Å². The Morgan fingerprint density at radius 2 is 1.41 bits per heavy atom. The van der Waals surface area contributed by atoms with Gasteiger partial charge in [0, 0.05) is 32.7 Å². The predicted octanol–water partition coefficient (Wildman–Crippen LogP) is 1.68. The van der Waals surface area contributed by atoms with Crippen molar-refractivity contribution in [3.05, 3.63) is 29.3 Å². The Labute approximate surface area is 205 Å². The highest BCUT2D eigenvalue weighted by Crippen LogP contribution is 2.28. The molecule has 34 heavy (non-hydrogen) atoms. The molecule has 0 aromatic heterocycles. The van der Waals surface area contributed by atoms with Crippen molar-refractivity contribution in [3.63, 3.8) is 0 Å². The third kappa shape index (κ3) is 8.43. The lowest BCUT2D eigenvalue weighted by atomic mass is 9.97. The molecular weight excluding hydrogens is 494 g/mol. The number of nitrogens with one attached hydrogen (secondary N) is 1. The first-order chi connectivity index (χ1) is 16.0. The van der Waals surface area contributed by atoms with Crippen molar-refractivity contribution >= 4 is 52.9 Å². The van der Waals surface area contributed by atoms with Gasteiger partial charge in [-0.2, -0.15) is 0 Å². The van der Waals surface area contributed by atoms with Crippen LogP contribution in [0.3, 0.4) is 0 Å². The molecule has 2 rings (SSSR count). The SMILES string of the molecule is CC(=O)OC[C@@H]1O[C@H](NC(=S)Oc2ccc(Cl)cc2)[C@H](OC(C)=O)[C@@H](OC(C)=O)[C@@H]1OC(C)=O. The van der Waals surface area contributed by atoms with E-state index >= 15 is 0 Å². The van der Waals surface area contributed by atoms with Gasteiger partial charge in [0.25, 0.3) is 5.17 Å². The molecule has 13 heteroatoms. The Kier molecular flexibility index (Phi) is 10.0. The van der Waals surface area contributed by atoms with Crippen LogP contribution in [0.4, 0.5) is 0 Å². The van der Waals surface area contributed by atoms with Gasteiger partial charge in [0.2, 0.25) is 0 Å². The minimum absolute atomic E-state index is 0.178. The molecule has 1 fully saturated rings. The maximum atomic E-state index is 11.8. The third-order valence-electron chi connectivity index (χ3n) is 4.28. The van der Waals surface area contributed by atoms with E-state index in [-0.39, 0.29) is 11.8 Å². The van der Waals surface area contributed by atoms with Gasteiger partial charge in [-0.25, -0.2) is 0 Å². The fraction of sp³-hybridized carbons (Fsp3) is 0.476. The second kappa shape index (κ2) is 12.5. The van der Waals surface area contributed by atoms with Gasteiger partial charge >= 0.3 is 23.9 Å². The first-order valence-corrected chi connectivity index (χ1v) is 10.8. The van der Waals surface area contributed by atoms with Gasteiger partial charge in [0.1, 0.15) is 18.5 Å². The first kappa shape index (κ1) is 27.3. The molecule has 1 aliphatic rings. The highest BCUT2D eigenvalue weighted by Gasteiger charge is 2.52. The minimum Gasteiger partial charge on any atom is -0.463 e. The zero-order chi connectivity index (χ0) is 25.4. The lowest BCUT2D eigenvalue weighted by Gasteiger charge is -2.44. The molecular formula is C21H24ClNO10S. The van der Waals surface area contributed by atoms with Crippen LogP contribution in [-0.4, -0.2) is 66.3 Å². The quantitative estimate of drug-likeness (QED) is 0.320. The monoisotopic (exact) mass is 517 g/mol. The summed E-state index contributed by atoms with van der Waals surface area (Å²) in [5, 5.41) is 3.05. The molecule has 1 saturated heterocycles. The van der Waals surface area contributed by atoms with E-state index < -0.39 is 54.5 Å².